The van der Waals surface area contributed by atoms with E-state index in [1.807, 2.05) is 6.07 Å². The lowest BCUT2D eigenvalue weighted by Gasteiger charge is -2.08. The first-order chi connectivity index (χ1) is 7.79. The van der Waals surface area contributed by atoms with Crippen molar-refractivity contribution in [1.29, 1.82) is 0 Å². The summed E-state index contributed by atoms with van der Waals surface area (Å²) in [6.07, 6.45) is 1.06. The van der Waals surface area contributed by atoms with Crippen molar-refractivity contribution in [2.75, 3.05) is 13.7 Å². The third kappa shape index (κ3) is 1.28. The van der Waals surface area contributed by atoms with Crippen LogP contribution in [-0.4, -0.2) is 19.4 Å². The number of nitrogens with zero attached hydrogens (tertiary/aromatic N) is 1. The first kappa shape index (κ1) is 9.60. The largest absolute Gasteiger partial charge is 0.497 e. The quantitative estimate of drug-likeness (QED) is 0.708. The highest BCUT2D eigenvalue weighted by Crippen LogP contribution is 2.34. The zero-order valence-corrected chi connectivity index (χ0v) is 9.58. The van der Waals surface area contributed by atoms with Gasteiger partial charge in [0.25, 0.3) is 0 Å². The summed E-state index contributed by atoms with van der Waals surface area (Å²) in [5.74, 6) is 0.921. The first-order valence-electron chi connectivity index (χ1n) is 5.57. The number of methoxy groups -OCH3 is 1. The lowest BCUT2D eigenvalue weighted by molar-refractivity contribution is -0.504. The van der Waals surface area contributed by atoms with Gasteiger partial charge in [-0.3, -0.25) is 10.3 Å². The van der Waals surface area contributed by atoms with Crippen LogP contribution in [0.4, 0.5) is 5.69 Å². The average molecular weight is 215 g/mol. The monoisotopic (exact) mass is 215 g/mol. The topological polar surface area (TPSA) is 38.2 Å². The van der Waals surface area contributed by atoms with E-state index < -0.39 is 0 Å². The second kappa shape index (κ2) is 3.46. The molecular weight excluding hydrogens is 200 g/mol. The Morgan fingerprint density at radius 1 is 1.38 bits per heavy atom. The molecule has 2 aliphatic heterocycles. The average Bonchev–Trinajstić information content (AvgIpc) is 2.68. The smallest absolute Gasteiger partial charge is 0.159 e. The van der Waals surface area contributed by atoms with Crippen LogP contribution in [0.25, 0.3) is 5.57 Å². The van der Waals surface area contributed by atoms with E-state index in [-0.39, 0.29) is 0 Å². The van der Waals surface area contributed by atoms with E-state index in [4.69, 9.17) is 4.74 Å². The number of dihydropyridines is 1. The highest BCUT2D eigenvalue weighted by molar-refractivity contribution is 6.05. The predicted octanol–water partition coefficient (Wildman–Crippen LogP) is 1.48. The van der Waals surface area contributed by atoms with Crippen LogP contribution in [0, 0.1) is 0 Å². The number of fused-ring (bicyclic) bond motifs is 2. The molecule has 0 fully saturated rings. The van der Waals surface area contributed by atoms with Gasteiger partial charge in [0, 0.05) is 23.7 Å². The van der Waals surface area contributed by atoms with Gasteiger partial charge < -0.3 is 4.74 Å². The number of hydrogen-bond acceptors (Lipinski definition) is 2. The SMILES string of the molecule is COc1ccc2c(c1)[NH2+]C1=C2CCN=C1C. The van der Waals surface area contributed by atoms with Crippen LogP contribution in [0.2, 0.25) is 0 Å². The lowest BCUT2D eigenvalue weighted by Crippen LogP contribution is -2.75. The Morgan fingerprint density at radius 2 is 2.25 bits per heavy atom. The number of nitrogens with two attached hydrogens (primary N) is 1. The normalized spacial score (nSPS) is 18.0. The minimum absolute atomic E-state index is 0.921. The van der Waals surface area contributed by atoms with Gasteiger partial charge in [-0.25, -0.2) is 0 Å². The minimum atomic E-state index is 0.921. The van der Waals surface area contributed by atoms with Crippen LogP contribution >= 0.6 is 0 Å². The fraction of sp³-hybridized carbons (Fsp3) is 0.308. The zero-order valence-electron chi connectivity index (χ0n) is 9.58. The van der Waals surface area contributed by atoms with Crippen LogP contribution in [0.3, 0.4) is 0 Å². The maximum atomic E-state index is 5.25. The summed E-state index contributed by atoms with van der Waals surface area (Å²) in [6, 6.07) is 6.29. The van der Waals surface area contributed by atoms with Crippen molar-refractivity contribution in [2.24, 2.45) is 4.99 Å². The maximum Gasteiger partial charge on any atom is 0.159 e. The summed E-state index contributed by atoms with van der Waals surface area (Å²) in [7, 11) is 1.71. The maximum absolute atomic E-state index is 5.25. The summed E-state index contributed by atoms with van der Waals surface area (Å²) in [4.78, 5) is 4.49. The second-order valence-corrected chi connectivity index (χ2v) is 4.21. The van der Waals surface area contributed by atoms with E-state index in [9.17, 15) is 0 Å². The fourth-order valence-electron chi connectivity index (χ4n) is 2.46. The van der Waals surface area contributed by atoms with Gasteiger partial charge in [-0.2, -0.15) is 0 Å². The van der Waals surface area contributed by atoms with E-state index >= 15 is 0 Å². The molecule has 0 aromatic heterocycles. The molecule has 0 radical (unpaired) electrons. The van der Waals surface area contributed by atoms with Crippen molar-refractivity contribution in [2.45, 2.75) is 13.3 Å². The van der Waals surface area contributed by atoms with Gasteiger partial charge >= 0.3 is 0 Å². The number of quaternary nitrogens is 1. The van der Waals surface area contributed by atoms with Gasteiger partial charge in [0.2, 0.25) is 0 Å². The predicted molar refractivity (Wildman–Crippen MR) is 64.1 cm³/mol. The summed E-state index contributed by atoms with van der Waals surface area (Å²) < 4.78 is 5.25. The Hall–Kier alpha value is -1.61. The van der Waals surface area contributed by atoms with Gasteiger partial charge in [-0.15, -0.1) is 0 Å². The molecule has 82 valence electrons. The van der Waals surface area contributed by atoms with Crippen LogP contribution in [0.1, 0.15) is 18.9 Å². The third-order valence-corrected chi connectivity index (χ3v) is 3.31. The Bertz CT molecular complexity index is 515. The molecule has 16 heavy (non-hydrogen) atoms. The molecule has 0 aliphatic carbocycles. The van der Waals surface area contributed by atoms with Gasteiger partial charge in [-0.05, 0) is 25.5 Å². The molecule has 0 spiro atoms. The molecule has 0 unspecified atom stereocenters. The molecule has 2 aliphatic rings. The van der Waals surface area contributed by atoms with Crippen LogP contribution in [-0.2, 0) is 0 Å². The van der Waals surface area contributed by atoms with Gasteiger partial charge in [0.05, 0.1) is 12.8 Å². The third-order valence-electron chi connectivity index (χ3n) is 3.31. The molecular formula is C13H15N2O+. The summed E-state index contributed by atoms with van der Waals surface area (Å²) in [6.45, 7) is 3.01. The van der Waals surface area contributed by atoms with E-state index in [1.54, 1.807) is 7.11 Å². The molecule has 0 amide bonds. The van der Waals surface area contributed by atoms with E-state index in [1.165, 1.54) is 22.5 Å². The molecule has 1 aromatic rings. The molecule has 0 saturated carbocycles. The van der Waals surface area contributed by atoms with Crippen molar-refractivity contribution in [1.82, 2.24) is 0 Å². The number of aliphatic imine (C=N–C) groups is 1. The standard InChI is InChI=1S/C13H14N2O/c1-8-13-11(5-6-14-8)10-4-3-9(16-2)7-12(10)15-13/h3-4,7,15H,5-6H2,1-2H3/p+1. The number of hydrogen-bond donors (Lipinski definition) is 1. The van der Waals surface area contributed by atoms with Gasteiger partial charge in [-0.1, -0.05) is 0 Å². The Balaban J connectivity index is 2.08. The summed E-state index contributed by atoms with van der Waals surface area (Å²) in [5.41, 5.74) is 6.54. The van der Waals surface area contributed by atoms with Crippen LogP contribution in [0.15, 0.2) is 28.9 Å². The van der Waals surface area contributed by atoms with Crippen molar-refractivity contribution in [3.8, 4) is 5.75 Å². The van der Waals surface area contributed by atoms with Gasteiger partial charge in [0.15, 0.2) is 5.70 Å². The second-order valence-electron chi connectivity index (χ2n) is 4.21. The molecule has 3 heteroatoms. The fourth-order valence-corrected chi connectivity index (χ4v) is 2.46. The molecule has 2 heterocycles. The molecule has 2 N–H and O–H groups in total. The van der Waals surface area contributed by atoms with Crippen molar-refractivity contribution in [3.05, 3.63) is 29.5 Å². The summed E-state index contributed by atoms with van der Waals surface area (Å²) in [5, 5.41) is 2.23. The van der Waals surface area contributed by atoms with Crippen molar-refractivity contribution < 1.29 is 10.1 Å². The van der Waals surface area contributed by atoms with Gasteiger partial charge in [0.1, 0.15) is 11.4 Å². The molecule has 0 saturated heterocycles. The van der Waals surface area contributed by atoms with Crippen molar-refractivity contribution in [3.63, 3.8) is 0 Å². The van der Waals surface area contributed by atoms with E-state index in [2.05, 4.69) is 29.4 Å². The molecule has 3 nitrogen and oxygen atoms in total. The Labute approximate surface area is 94.8 Å². The van der Waals surface area contributed by atoms with Crippen LogP contribution in [0.5, 0.6) is 5.75 Å². The highest BCUT2D eigenvalue weighted by Gasteiger charge is 2.29. The molecule has 3 rings (SSSR count). The number of rotatable bonds is 1. The highest BCUT2D eigenvalue weighted by atomic mass is 16.5. The van der Waals surface area contributed by atoms with Crippen molar-refractivity contribution >= 4 is 17.0 Å². The number of allylic oxidation sites excluding steroid dienone is 1. The molecule has 0 bridgehead atoms. The first-order valence-corrected chi connectivity index (χ1v) is 5.57. The minimum Gasteiger partial charge on any atom is -0.497 e. The summed E-state index contributed by atoms with van der Waals surface area (Å²) >= 11 is 0. The lowest BCUT2D eigenvalue weighted by atomic mass is 9.99. The molecule has 0 atom stereocenters. The van der Waals surface area contributed by atoms with Crippen LogP contribution < -0.4 is 10.1 Å². The Morgan fingerprint density at radius 3 is 3.06 bits per heavy atom. The number of benzene rings is 1. The Kier molecular flexibility index (Phi) is 2.07. The zero-order chi connectivity index (χ0) is 11.1. The van der Waals surface area contributed by atoms with E-state index in [0.29, 0.717) is 0 Å². The number of ether oxygens (including phenoxy) is 1. The van der Waals surface area contributed by atoms with E-state index in [0.717, 1.165) is 24.4 Å². The molecule has 1 aromatic carbocycles.